The van der Waals surface area contributed by atoms with Crippen LogP contribution in [0.4, 0.5) is 0 Å². The van der Waals surface area contributed by atoms with E-state index in [0.29, 0.717) is 11.4 Å². The predicted molar refractivity (Wildman–Crippen MR) is 90.1 cm³/mol. The molecule has 0 radical (unpaired) electrons. The molecule has 0 spiro atoms. The SMILES string of the molecule is CNCCc1ccc(S(=O)(=O)NCc2ccc(Br)s2)cc1. The van der Waals surface area contributed by atoms with Gasteiger partial charge >= 0.3 is 0 Å². The van der Waals surface area contributed by atoms with Crippen LogP contribution in [-0.4, -0.2) is 22.0 Å². The molecule has 2 aromatic rings. The van der Waals surface area contributed by atoms with Crippen molar-refractivity contribution in [3.8, 4) is 0 Å². The molecule has 1 aromatic heterocycles. The second-order valence-electron chi connectivity index (χ2n) is 4.53. The number of hydrogen-bond donors (Lipinski definition) is 2. The third-order valence-corrected chi connectivity index (χ3v) is 6.00. The van der Waals surface area contributed by atoms with Crippen molar-refractivity contribution in [2.24, 2.45) is 0 Å². The maximum atomic E-state index is 12.2. The minimum absolute atomic E-state index is 0.298. The average molecular weight is 389 g/mol. The number of hydrogen-bond acceptors (Lipinski definition) is 4. The summed E-state index contributed by atoms with van der Waals surface area (Å²) in [5.41, 5.74) is 1.12. The van der Waals surface area contributed by atoms with Gasteiger partial charge in [0.1, 0.15) is 0 Å². The monoisotopic (exact) mass is 388 g/mol. The van der Waals surface area contributed by atoms with E-state index in [4.69, 9.17) is 0 Å². The van der Waals surface area contributed by atoms with E-state index in [-0.39, 0.29) is 0 Å². The molecule has 0 saturated heterocycles. The third kappa shape index (κ3) is 4.89. The minimum atomic E-state index is -3.46. The molecular weight excluding hydrogens is 372 g/mol. The van der Waals surface area contributed by atoms with E-state index < -0.39 is 10.0 Å². The van der Waals surface area contributed by atoms with E-state index in [1.807, 2.05) is 31.3 Å². The zero-order valence-corrected chi connectivity index (χ0v) is 14.8. The fraction of sp³-hybridized carbons (Fsp3) is 0.286. The van der Waals surface area contributed by atoms with Gasteiger partial charge in [0, 0.05) is 11.4 Å². The van der Waals surface area contributed by atoms with Gasteiger partial charge in [-0.3, -0.25) is 0 Å². The predicted octanol–water partition coefficient (Wildman–Crippen LogP) is 2.75. The Morgan fingerprint density at radius 3 is 2.43 bits per heavy atom. The standard InChI is InChI=1S/C14H17BrN2O2S2/c1-16-9-8-11-2-5-13(6-3-11)21(18,19)17-10-12-4-7-14(15)20-12/h2-7,16-17H,8-10H2,1H3. The summed E-state index contributed by atoms with van der Waals surface area (Å²) in [5, 5.41) is 3.07. The molecule has 0 saturated carbocycles. The van der Waals surface area contributed by atoms with Gasteiger partial charge in [-0.2, -0.15) is 0 Å². The van der Waals surface area contributed by atoms with Crippen molar-refractivity contribution >= 4 is 37.3 Å². The molecule has 2 N–H and O–H groups in total. The molecule has 0 aliphatic rings. The van der Waals surface area contributed by atoms with Gasteiger partial charge in [0.15, 0.2) is 0 Å². The highest BCUT2D eigenvalue weighted by atomic mass is 79.9. The first-order valence-corrected chi connectivity index (χ1v) is 9.58. The lowest BCUT2D eigenvalue weighted by Crippen LogP contribution is -2.22. The van der Waals surface area contributed by atoms with Crippen LogP contribution in [0, 0.1) is 0 Å². The number of sulfonamides is 1. The van der Waals surface area contributed by atoms with Gasteiger partial charge in [-0.15, -0.1) is 11.3 Å². The van der Waals surface area contributed by atoms with Crippen molar-refractivity contribution < 1.29 is 8.42 Å². The van der Waals surface area contributed by atoms with E-state index in [0.717, 1.165) is 27.2 Å². The third-order valence-electron chi connectivity index (χ3n) is 2.96. The van der Waals surface area contributed by atoms with Crippen LogP contribution in [0.3, 0.4) is 0 Å². The molecule has 0 unspecified atom stereocenters. The van der Waals surface area contributed by atoms with Crippen LogP contribution in [0.5, 0.6) is 0 Å². The summed E-state index contributed by atoms with van der Waals surface area (Å²) in [4.78, 5) is 1.27. The average Bonchev–Trinajstić information content (AvgIpc) is 2.89. The lowest BCUT2D eigenvalue weighted by molar-refractivity contribution is 0.582. The van der Waals surface area contributed by atoms with Crippen LogP contribution in [0.25, 0.3) is 0 Å². The van der Waals surface area contributed by atoms with E-state index >= 15 is 0 Å². The summed E-state index contributed by atoms with van der Waals surface area (Å²) >= 11 is 4.88. The summed E-state index contributed by atoms with van der Waals surface area (Å²) in [6.45, 7) is 1.18. The summed E-state index contributed by atoms with van der Waals surface area (Å²) in [6, 6.07) is 10.8. The Morgan fingerprint density at radius 1 is 1.14 bits per heavy atom. The van der Waals surface area contributed by atoms with Crippen molar-refractivity contribution in [3.63, 3.8) is 0 Å². The van der Waals surface area contributed by atoms with E-state index in [2.05, 4.69) is 26.0 Å². The van der Waals surface area contributed by atoms with Crippen LogP contribution in [0.2, 0.25) is 0 Å². The van der Waals surface area contributed by atoms with Crippen LogP contribution in [0.1, 0.15) is 10.4 Å². The Bertz CT molecular complexity index is 681. The molecule has 21 heavy (non-hydrogen) atoms. The summed E-state index contributed by atoms with van der Waals surface area (Å²) in [5.74, 6) is 0. The van der Waals surface area contributed by atoms with E-state index in [1.54, 1.807) is 12.1 Å². The molecule has 1 heterocycles. The van der Waals surface area contributed by atoms with E-state index in [9.17, 15) is 8.42 Å². The Kier molecular flexibility index (Phi) is 5.95. The van der Waals surface area contributed by atoms with Gasteiger partial charge in [0.2, 0.25) is 10.0 Å². The molecule has 0 aliphatic heterocycles. The normalized spacial score (nSPS) is 11.7. The van der Waals surface area contributed by atoms with Crippen LogP contribution in [0.15, 0.2) is 45.1 Å². The fourth-order valence-electron chi connectivity index (χ4n) is 1.80. The van der Waals surface area contributed by atoms with Crippen molar-refractivity contribution in [3.05, 3.63) is 50.6 Å². The zero-order valence-electron chi connectivity index (χ0n) is 11.6. The van der Waals surface area contributed by atoms with Crippen molar-refractivity contribution in [2.75, 3.05) is 13.6 Å². The lowest BCUT2D eigenvalue weighted by Gasteiger charge is -2.07. The zero-order chi connectivity index (χ0) is 15.3. The molecule has 0 amide bonds. The molecule has 0 atom stereocenters. The first-order chi connectivity index (χ1) is 10.0. The summed E-state index contributed by atoms with van der Waals surface area (Å²) in [7, 11) is -1.57. The van der Waals surface area contributed by atoms with Crippen molar-refractivity contribution in [1.82, 2.24) is 10.0 Å². The molecule has 114 valence electrons. The number of halogens is 1. The number of likely N-dealkylation sites (N-methyl/N-ethyl adjacent to an activating group) is 1. The molecule has 0 bridgehead atoms. The van der Waals surface area contributed by atoms with Crippen molar-refractivity contribution in [1.29, 1.82) is 0 Å². The highest BCUT2D eigenvalue weighted by Crippen LogP contribution is 2.22. The number of rotatable bonds is 7. The van der Waals surface area contributed by atoms with Gasteiger partial charge in [0.05, 0.1) is 8.68 Å². The second kappa shape index (κ2) is 7.51. The van der Waals surface area contributed by atoms with E-state index in [1.165, 1.54) is 11.3 Å². The first kappa shape index (κ1) is 16.6. The number of benzene rings is 1. The molecular formula is C14H17BrN2O2S2. The molecule has 7 heteroatoms. The summed E-state index contributed by atoms with van der Waals surface area (Å²) in [6.07, 6.45) is 0.882. The van der Waals surface area contributed by atoms with Gasteiger partial charge < -0.3 is 5.32 Å². The maximum absolute atomic E-state index is 12.2. The fourth-order valence-corrected chi connectivity index (χ4v) is 4.32. The molecule has 4 nitrogen and oxygen atoms in total. The Labute approximate surface area is 137 Å². The Balaban J connectivity index is 2.01. The molecule has 1 aromatic carbocycles. The highest BCUT2D eigenvalue weighted by Gasteiger charge is 2.13. The molecule has 2 rings (SSSR count). The topological polar surface area (TPSA) is 58.2 Å². The minimum Gasteiger partial charge on any atom is -0.319 e. The largest absolute Gasteiger partial charge is 0.319 e. The molecule has 0 aliphatic carbocycles. The van der Waals surface area contributed by atoms with Gasteiger partial charge in [-0.05, 0) is 65.8 Å². The summed E-state index contributed by atoms with van der Waals surface area (Å²) < 4.78 is 28.0. The first-order valence-electron chi connectivity index (χ1n) is 6.49. The second-order valence-corrected chi connectivity index (χ2v) is 8.84. The van der Waals surface area contributed by atoms with Crippen LogP contribution >= 0.6 is 27.3 Å². The maximum Gasteiger partial charge on any atom is 0.240 e. The lowest BCUT2D eigenvalue weighted by atomic mass is 10.1. The number of nitrogens with one attached hydrogen (secondary N) is 2. The van der Waals surface area contributed by atoms with Crippen LogP contribution in [-0.2, 0) is 23.0 Å². The highest BCUT2D eigenvalue weighted by molar-refractivity contribution is 9.11. The van der Waals surface area contributed by atoms with Gasteiger partial charge in [-0.1, -0.05) is 12.1 Å². The quantitative estimate of drug-likeness (QED) is 0.766. The Morgan fingerprint density at radius 2 is 1.86 bits per heavy atom. The van der Waals surface area contributed by atoms with Gasteiger partial charge in [0.25, 0.3) is 0 Å². The smallest absolute Gasteiger partial charge is 0.240 e. The number of thiophene rings is 1. The molecule has 0 fully saturated rings. The van der Waals surface area contributed by atoms with Gasteiger partial charge in [-0.25, -0.2) is 13.1 Å². The van der Waals surface area contributed by atoms with Crippen LogP contribution < -0.4 is 10.0 Å². The van der Waals surface area contributed by atoms with Crippen molar-refractivity contribution in [2.45, 2.75) is 17.9 Å². The Hall–Kier alpha value is -0.730.